The lowest BCUT2D eigenvalue weighted by Gasteiger charge is -2.08. The number of carbonyl (C=O) groups is 2. The summed E-state index contributed by atoms with van der Waals surface area (Å²) in [7, 11) is 1.57. The Morgan fingerprint density at radius 3 is 2.70 bits per heavy atom. The molecule has 2 amide bonds. The number of thiophene rings is 1. The van der Waals surface area contributed by atoms with Crippen LogP contribution < -0.4 is 10.6 Å². The second kappa shape index (κ2) is 9.06. The van der Waals surface area contributed by atoms with Gasteiger partial charge in [-0.25, -0.2) is 9.97 Å². The number of thioether (sulfide) groups is 1. The van der Waals surface area contributed by atoms with Gasteiger partial charge in [-0.3, -0.25) is 9.59 Å². The number of fused-ring (bicyclic) bond motifs is 1. The number of rotatable bonds is 6. The lowest BCUT2D eigenvalue weighted by atomic mass is 10.1. The fourth-order valence-electron chi connectivity index (χ4n) is 3.00. The smallest absolute Gasteiger partial charge is 0.251 e. The Balaban J connectivity index is 1.51. The number of benzene rings is 2. The van der Waals surface area contributed by atoms with E-state index in [9.17, 15) is 9.59 Å². The summed E-state index contributed by atoms with van der Waals surface area (Å²) in [6, 6.07) is 16.9. The van der Waals surface area contributed by atoms with Gasteiger partial charge < -0.3 is 10.6 Å². The van der Waals surface area contributed by atoms with Crippen molar-refractivity contribution in [2.45, 2.75) is 5.03 Å². The van der Waals surface area contributed by atoms with E-state index in [-0.39, 0.29) is 17.6 Å². The van der Waals surface area contributed by atoms with Gasteiger partial charge in [0.2, 0.25) is 5.91 Å². The van der Waals surface area contributed by atoms with E-state index in [0.29, 0.717) is 11.3 Å². The highest BCUT2D eigenvalue weighted by Gasteiger charge is 2.15. The minimum atomic E-state index is -0.199. The summed E-state index contributed by atoms with van der Waals surface area (Å²) < 4.78 is 0. The van der Waals surface area contributed by atoms with Gasteiger partial charge in [0.05, 0.1) is 11.1 Å². The maximum absolute atomic E-state index is 12.5. The monoisotopic (exact) mass is 434 g/mol. The van der Waals surface area contributed by atoms with Crippen molar-refractivity contribution in [1.82, 2.24) is 15.3 Å². The van der Waals surface area contributed by atoms with Crippen molar-refractivity contribution in [3.63, 3.8) is 0 Å². The van der Waals surface area contributed by atoms with Gasteiger partial charge in [-0.2, -0.15) is 0 Å². The number of amides is 2. The molecule has 0 aliphatic heterocycles. The van der Waals surface area contributed by atoms with E-state index in [4.69, 9.17) is 0 Å². The first-order chi connectivity index (χ1) is 14.7. The molecule has 0 bridgehead atoms. The maximum atomic E-state index is 12.5. The maximum Gasteiger partial charge on any atom is 0.251 e. The number of nitrogens with zero attached hydrogens (tertiary/aromatic N) is 2. The van der Waals surface area contributed by atoms with Crippen molar-refractivity contribution >= 4 is 50.8 Å². The number of carbonyl (C=O) groups excluding carboxylic acids is 2. The average molecular weight is 435 g/mol. The van der Waals surface area contributed by atoms with E-state index in [1.807, 2.05) is 18.2 Å². The SMILES string of the molecule is CNC(=O)c1cccc(NC(=O)CSc2ncnc3scc(-c4ccccc4)c23)c1. The Bertz CT molecular complexity index is 1210. The summed E-state index contributed by atoms with van der Waals surface area (Å²) in [5, 5.41) is 9.22. The minimum absolute atomic E-state index is 0.169. The van der Waals surface area contributed by atoms with Crippen molar-refractivity contribution in [2.24, 2.45) is 0 Å². The van der Waals surface area contributed by atoms with Crippen LogP contribution in [0.2, 0.25) is 0 Å². The second-order valence-electron chi connectivity index (χ2n) is 6.37. The van der Waals surface area contributed by atoms with Crippen LogP contribution in [0.4, 0.5) is 5.69 Å². The molecule has 0 aliphatic rings. The highest BCUT2D eigenvalue weighted by atomic mass is 32.2. The molecule has 8 heteroatoms. The van der Waals surface area contributed by atoms with Crippen molar-refractivity contribution < 1.29 is 9.59 Å². The van der Waals surface area contributed by atoms with Crippen LogP contribution in [-0.4, -0.2) is 34.6 Å². The molecule has 0 aliphatic carbocycles. The van der Waals surface area contributed by atoms with Crippen LogP contribution in [0, 0.1) is 0 Å². The summed E-state index contributed by atoms with van der Waals surface area (Å²) in [6.45, 7) is 0. The summed E-state index contributed by atoms with van der Waals surface area (Å²) >= 11 is 2.93. The zero-order valence-electron chi connectivity index (χ0n) is 16.1. The normalized spacial score (nSPS) is 10.7. The van der Waals surface area contributed by atoms with E-state index >= 15 is 0 Å². The highest BCUT2D eigenvalue weighted by Crippen LogP contribution is 2.37. The fourth-order valence-corrected chi connectivity index (χ4v) is 4.79. The van der Waals surface area contributed by atoms with Gasteiger partial charge in [0, 0.05) is 29.2 Å². The lowest BCUT2D eigenvalue weighted by Crippen LogP contribution is -2.19. The molecule has 2 aromatic heterocycles. The molecule has 30 heavy (non-hydrogen) atoms. The van der Waals surface area contributed by atoms with Gasteiger partial charge >= 0.3 is 0 Å². The minimum Gasteiger partial charge on any atom is -0.355 e. The van der Waals surface area contributed by atoms with Crippen LogP contribution in [0.3, 0.4) is 0 Å². The van der Waals surface area contributed by atoms with Gasteiger partial charge in [0.15, 0.2) is 0 Å². The molecule has 0 spiro atoms. The molecule has 2 N–H and O–H groups in total. The molecular weight excluding hydrogens is 416 g/mol. The molecule has 6 nitrogen and oxygen atoms in total. The Kier molecular flexibility index (Phi) is 6.06. The predicted molar refractivity (Wildman–Crippen MR) is 122 cm³/mol. The van der Waals surface area contributed by atoms with E-state index in [1.54, 1.807) is 42.6 Å². The third kappa shape index (κ3) is 4.34. The lowest BCUT2D eigenvalue weighted by molar-refractivity contribution is -0.113. The van der Waals surface area contributed by atoms with Gasteiger partial charge in [-0.15, -0.1) is 11.3 Å². The van der Waals surface area contributed by atoms with Crippen molar-refractivity contribution in [3.8, 4) is 11.1 Å². The standard InChI is InChI=1S/C22H18N4O2S2/c1-23-20(28)15-8-5-9-16(10-15)26-18(27)12-30-22-19-17(14-6-3-2-4-7-14)11-29-21(19)24-13-25-22/h2-11,13H,12H2,1H3,(H,23,28)(H,26,27). The van der Waals surface area contributed by atoms with E-state index in [1.165, 1.54) is 18.1 Å². The molecule has 0 atom stereocenters. The summed E-state index contributed by atoms with van der Waals surface area (Å²) in [5.41, 5.74) is 3.23. The van der Waals surface area contributed by atoms with Gasteiger partial charge in [0.1, 0.15) is 16.2 Å². The van der Waals surface area contributed by atoms with Gasteiger partial charge in [-0.1, -0.05) is 48.2 Å². The highest BCUT2D eigenvalue weighted by molar-refractivity contribution is 8.00. The zero-order valence-corrected chi connectivity index (χ0v) is 17.7. The van der Waals surface area contributed by atoms with Crippen molar-refractivity contribution in [2.75, 3.05) is 18.1 Å². The quantitative estimate of drug-likeness (QED) is 0.346. The van der Waals surface area contributed by atoms with Crippen LogP contribution in [0.5, 0.6) is 0 Å². The summed E-state index contributed by atoms with van der Waals surface area (Å²) in [4.78, 5) is 33.9. The van der Waals surface area contributed by atoms with Crippen LogP contribution in [-0.2, 0) is 4.79 Å². The van der Waals surface area contributed by atoms with Crippen molar-refractivity contribution in [3.05, 3.63) is 71.9 Å². The van der Waals surface area contributed by atoms with Gasteiger partial charge in [-0.05, 0) is 23.8 Å². The second-order valence-corrected chi connectivity index (χ2v) is 8.19. The molecule has 0 radical (unpaired) electrons. The number of anilines is 1. The van der Waals surface area contributed by atoms with Crippen LogP contribution in [0.1, 0.15) is 10.4 Å². The Morgan fingerprint density at radius 1 is 1.07 bits per heavy atom. The first-order valence-electron chi connectivity index (χ1n) is 9.18. The molecule has 0 fully saturated rings. The van der Waals surface area contributed by atoms with Crippen LogP contribution in [0.15, 0.2) is 71.3 Å². The van der Waals surface area contributed by atoms with Gasteiger partial charge in [0.25, 0.3) is 5.91 Å². The number of nitrogens with one attached hydrogen (secondary N) is 2. The average Bonchev–Trinajstić information content (AvgIpc) is 3.23. The molecule has 150 valence electrons. The van der Waals surface area contributed by atoms with E-state index in [2.05, 4.69) is 38.1 Å². The molecule has 0 saturated carbocycles. The van der Waals surface area contributed by atoms with Crippen molar-refractivity contribution in [1.29, 1.82) is 0 Å². The van der Waals surface area contributed by atoms with Crippen LogP contribution >= 0.6 is 23.1 Å². The zero-order chi connectivity index (χ0) is 20.9. The Labute approximate surface area is 181 Å². The molecular formula is C22H18N4O2S2. The Morgan fingerprint density at radius 2 is 1.90 bits per heavy atom. The summed E-state index contributed by atoms with van der Waals surface area (Å²) in [6.07, 6.45) is 1.53. The number of aromatic nitrogens is 2. The molecule has 0 unspecified atom stereocenters. The summed E-state index contributed by atoms with van der Waals surface area (Å²) in [5.74, 6) is -0.174. The molecule has 2 aromatic carbocycles. The molecule has 4 rings (SSSR count). The topological polar surface area (TPSA) is 84.0 Å². The number of hydrogen-bond acceptors (Lipinski definition) is 6. The third-order valence-corrected chi connectivity index (χ3v) is 6.27. The largest absolute Gasteiger partial charge is 0.355 e. The first kappa shape index (κ1) is 20.1. The van der Waals surface area contributed by atoms with E-state index in [0.717, 1.165) is 26.4 Å². The fraction of sp³-hybridized carbons (Fsp3) is 0.0909. The Hall–Kier alpha value is -3.23. The number of hydrogen-bond donors (Lipinski definition) is 2. The third-order valence-electron chi connectivity index (χ3n) is 4.40. The predicted octanol–water partition coefficient (Wildman–Crippen LogP) is 4.45. The van der Waals surface area contributed by atoms with E-state index < -0.39 is 0 Å². The molecule has 0 saturated heterocycles. The first-order valence-corrected chi connectivity index (χ1v) is 11.0. The molecule has 4 aromatic rings. The van der Waals surface area contributed by atoms with Crippen LogP contribution in [0.25, 0.3) is 21.3 Å². The molecule has 2 heterocycles.